The first-order chi connectivity index (χ1) is 8.99. The van der Waals surface area contributed by atoms with Crippen LogP contribution in [0.15, 0.2) is 23.1 Å². The average Bonchev–Trinajstić information content (AvgIpc) is 2.81. The molecule has 0 saturated carbocycles. The zero-order valence-electron chi connectivity index (χ0n) is 10.9. The Kier molecular flexibility index (Phi) is 4.84. The van der Waals surface area contributed by atoms with Crippen molar-refractivity contribution in [2.75, 3.05) is 13.1 Å². The van der Waals surface area contributed by atoms with Crippen LogP contribution < -0.4 is 10.0 Å². The van der Waals surface area contributed by atoms with Crippen LogP contribution in [-0.4, -0.2) is 27.5 Å². The van der Waals surface area contributed by atoms with Crippen LogP contribution in [0.2, 0.25) is 5.02 Å². The van der Waals surface area contributed by atoms with E-state index in [1.54, 1.807) is 25.1 Å². The molecule has 1 aliphatic rings. The van der Waals surface area contributed by atoms with Crippen molar-refractivity contribution in [3.05, 3.63) is 28.8 Å². The predicted molar refractivity (Wildman–Crippen MR) is 77.0 cm³/mol. The lowest BCUT2D eigenvalue weighted by Gasteiger charge is -2.12. The number of sulfonamides is 1. The molecule has 0 radical (unpaired) electrons. The van der Waals surface area contributed by atoms with E-state index in [0.29, 0.717) is 28.1 Å². The minimum Gasteiger partial charge on any atom is -0.314 e. The summed E-state index contributed by atoms with van der Waals surface area (Å²) in [6.45, 7) is 3.24. The molecule has 0 spiro atoms. The van der Waals surface area contributed by atoms with Gasteiger partial charge in [0.25, 0.3) is 0 Å². The number of hydrogen-bond acceptors (Lipinski definition) is 3. The third-order valence-electron chi connectivity index (χ3n) is 3.37. The fourth-order valence-electron chi connectivity index (χ4n) is 2.36. The summed E-state index contributed by atoms with van der Waals surface area (Å²) in [4.78, 5) is 0.302. The van der Waals surface area contributed by atoms with E-state index in [9.17, 15) is 8.42 Å². The number of halogens is 1. The first-order valence-electron chi connectivity index (χ1n) is 6.48. The molecule has 2 rings (SSSR count). The Hall–Kier alpha value is -0.620. The van der Waals surface area contributed by atoms with Gasteiger partial charge in [-0.05, 0) is 56.5 Å². The van der Waals surface area contributed by atoms with E-state index in [1.165, 1.54) is 6.42 Å². The Labute approximate surface area is 119 Å². The van der Waals surface area contributed by atoms with Crippen molar-refractivity contribution in [1.82, 2.24) is 10.0 Å². The molecule has 1 fully saturated rings. The fourth-order valence-corrected chi connectivity index (χ4v) is 3.86. The maximum Gasteiger partial charge on any atom is 0.240 e. The second-order valence-corrected chi connectivity index (χ2v) is 7.06. The standard InChI is InChI=1S/C13H19ClN2O2S/c1-10-9-11(14)4-5-13(10)19(17,18)16-8-6-12-3-2-7-15-12/h4-5,9,12,15-16H,2-3,6-8H2,1H3/t12-/m1/s1. The van der Waals surface area contributed by atoms with E-state index >= 15 is 0 Å². The summed E-state index contributed by atoms with van der Waals surface area (Å²) in [5.74, 6) is 0. The lowest BCUT2D eigenvalue weighted by Crippen LogP contribution is -2.31. The van der Waals surface area contributed by atoms with Gasteiger partial charge in [-0.15, -0.1) is 0 Å². The van der Waals surface area contributed by atoms with E-state index in [1.807, 2.05) is 0 Å². The highest BCUT2D eigenvalue weighted by Gasteiger charge is 2.18. The normalized spacial score (nSPS) is 19.8. The molecule has 6 heteroatoms. The molecule has 1 saturated heterocycles. The van der Waals surface area contributed by atoms with Gasteiger partial charge in [-0.3, -0.25) is 0 Å². The zero-order valence-corrected chi connectivity index (χ0v) is 12.5. The van der Waals surface area contributed by atoms with Crippen LogP contribution in [0.1, 0.15) is 24.8 Å². The smallest absolute Gasteiger partial charge is 0.240 e. The molecule has 0 aromatic heterocycles. The Morgan fingerprint density at radius 2 is 2.26 bits per heavy atom. The van der Waals surface area contributed by atoms with Crippen molar-refractivity contribution < 1.29 is 8.42 Å². The average molecular weight is 303 g/mol. The van der Waals surface area contributed by atoms with Crippen LogP contribution in [-0.2, 0) is 10.0 Å². The van der Waals surface area contributed by atoms with E-state index in [-0.39, 0.29) is 0 Å². The van der Waals surface area contributed by atoms with Gasteiger partial charge in [0.05, 0.1) is 4.90 Å². The molecule has 1 heterocycles. The number of aryl methyl sites for hydroxylation is 1. The van der Waals surface area contributed by atoms with Gasteiger partial charge in [0.1, 0.15) is 0 Å². The number of rotatable bonds is 5. The van der Waals surface area contributed by atoms with Crippen LogP contribution in [0.3, 0.4) is 0 Å². The van der Waals surface area contributed by atoms with E-state index in [0.717, 1.165) is 19.4 Å². The van der Waals surface area contributed by atoms with Crippen molar-refractivity contribution in [1.29, 1.82) is 0 Å². The van der Waals surface area contributed by atoms with Crippen LogP contribution in [0.5, 0.6) is 0 Å². The molecular weight excluding hydrogens is 284 g/mol. The maximum absolute atomic E-state index is 12.2. The Morgan fingerprint density at radius 1 is 1.47 bits per heavy atom. The molecule has 4 nitrogen and oxygen atoms in total. The van der Waals surface area contributed by atoms with Gasteiger partial charge >= 0.3 is 0 Å². The molecule has 0 aliphatic carbocycles. The Morgan fingerprint density at radius 3 is 2.89 bits per heavy atom. The van der Waals surface area contributed by atoms with Crippen molar-refractivity contribution in [3.63, 3.8) is 0 Å². The molecule has 1 aromatic carbocycles. The molecule has 106 valence electrons. The third-order valence-corrected chi connectivity index (χ3v) is 5.23. The third kappa shape index (κ3) is 3.92. The van der Waals surface area contributed by atoms with E-state index in [4.69, 9.17) is 11.6 Å². The topological polar surface area (TPSA) is 58.2 Å². The van der Waals surface area contributed by atoms with Crippen LogP contribution in [0, 0.1) is 6.92 Å². The number of hydrogen-bond donors (Lipinski definition) is 2. The van der Waals surface area contributed by atoms with Crippen LogP contribution >= 0.6 is 11.6 Å². The van der Waals surface area contributed by atoms with Gasteiger partial charge in [0.15, 0.2) is 0 Å². The second-order valence-electron chi connectivity index (χ2n) is 4.89. The molecule has 0 bridgehead atoms. The largest absolute Gasteiger partial charge is 0.314 e. The second kappa shape index (κ2) is 6.22. The first kappa shape index (κ1) is 14.8. The monoisotopic (exact) mass is 302 g/mol. The van der Waals surface area contributed by atoms with Crippen molar-refractivity contribution in [2.24, 2.45) is 0 Å². The van der Waals surface area contributed by atoms with Crippen molar-refractivity contribution in [3.8, 4) is 0 Å². The first-order valence-corrected chi connectivity index (χ1v) is 8.34. The molecule has 1 atom stereocenters. The minimum absolute atomic E-state index is 0.302. The van der Waals surface area contributed by atoms with Crippen molar-refractivity contribution >= 4 is 21.6 Å². The molecule has 1 aliphatic heterocycles. The van der Waals surface area contributed by atoms with Gasteiger partial charge < -0.3 is 5.32 Å². The highest BCUT2D eigenvalue weighted by atomic mass is 35.5. The minimum atomic E-state index is -3.44. The summed E-state index contributed by atoms with van der Waals surface area (Å²) in [7, 11) is -3.44. The molecule has 2 N–H and O–H groups in total. The summed E-state index contributed by atoms with van der Waals surface area (Å²) < 4.78 is 27.0. The summed E-state index contributed by atoms with van der Waals surface area (Å²) >= 11 is 5.83. The van der Waals surface area contributed by atoms with Crippen LogP contribution in [0.4, 0.5) is 0 Å². The molecule has 0 amide bonds. The number of nitrogens with one attached hydrogen (secondary N) is 2. The Bertz CT molecular complexity index is 540. The van der Waals surface area contributed by atoms with Gasteiger partial charge in [0, 0.05) is 17.6 Å². The Balaban J connectivity index is 1.97. The van der Waals surface area contributed by atoms with Gasteiger partial charge in [-0.25, -0.2) is 13.1 Å². The van der Waals surface area contributed by atoms with E-state index in [2.05, 4.69) is 10.0 Å². The van der Waals surface area contributed by atoms with Crippen LogP contribution in [0.25, 0.3) is 0 Å². The molecule has 19 heavy (non-hydrogen) atoms. The summed E-state index contributed by atoms with van der Waals surface area (Å²) in [6, 6.07) is 5.25. The summed E-state index contributed by atoms with van der Waals surface area (Å²) in [5, 5.41) is 3.90. The lowest BCUT2D eigenvalue weighted by atomic mass is 10.2. The van der Waals surface area contributed by atoms with E-state index < -0.39 is 10.0 Å². The molecular formula is C13H19ClN2O2S. The molecule has 1 aromatic rings. The highest BCUT2D eigenvalue weighted by Crippen LogP contribution is 2.19. The zero-order chi connectivity index (χ0) is 13.9. The van der Waals surface area contributed by atoms with Crippen molar-refractivity contribution in [2.45, 2.75) is 37.1 Å². The number of benzene rings is 1. The molecule has 0 unspecified atom stereocenters. The van der Waals surface area contributed by atoms with Gasteiger partial charge in [-0.2, -0.15) is 0 Å². The predicted octanol–water partition coefficient (Wildman–Crippen LogP) is 2.07. The van der Waals surface area contributed by atoms with Gasteiger partial charge in [-0.1, -0.05) is 11.6 Å². The fraction of sp³-hybridized carbons (Fsp3) is 0.538. The summed E-state index contributed by atoms with van der Waals surface area (Å²) in [5.41, 5.74) is 0.666. The maximum atomic E-state index is 12.2. The quantitative estimate of drug-likeness (QED) is 0.875. The highest BCUT2D eigenvalue weighted by molar-refractivity contribution is 7.89. The van der Waals surface area contributed by atoms with Gasteiger partial charge in [0.2, 0.25) is 10.0 Å². The lowest BCUT2D eigenvalue weighted by molar-refractivity contribution is 0.539. The summed E-state index contributed by atoms with van der Waals surface area (Å²) in [6.07, 6.45) is 3.13. The SMILES string of the molecule is Cc1cc(Cl)ccc1S(=O)(=O)NCC[C@H]1CCCN1.